The molecule has 1 aromatic carbocycles. The number of thiazole rings is 1. The molecule has 8 nitrogen and oxygen atoms in total. The Hall–Kier alpha value is -2.17. The van der Waals surface area contributed by atoms with Crippen molar-refractivity contribution >= 4 is 27.4 Å². The van der Waals surface area contributed by atoms with Crippen molar-refractivity contribution in [3.8, 4) is 10.6 Å². The van der Waals surface area contributed by atoms with Gasteiger partial charge < -0.3 is 26.4 Å². The average Bonchev–Trinajstić information content (AvgIpc) is 3.23. The number of aryl methyl sites for hydroxylation is 1. The third-order valence-corrected chi connectivity index (χ3v) is 6.24. The average molecular weight is 401 g/mol. The highest BCUT2D eigenvalue weighted by Gasteiger charge is 2.41. The van der Waals surface area contributed by atoms with Gasteiger partial charge in [-0.25, -0.2) is 15.0 Å². The van der Waals surface area contributed by atoms with Gasteiger partial charge in [0.2, 0.25) is 0 Å². The van der Waals surface area contributed by atoms with Crippen LogP contribution in [0.1, 0.15) is 17.9 Å². The third kappa shape index (κ3) is 3.36. The number of hydrogen-bond acceptors (Lipinski definition) is 9. The number of anilines is 1. The molecule has 4 unspecified atom stereocenters. The number of nitrogens with zero attached hydrogens (tertiary/aromatic N) is 3. The molecule has 148 valence electrons. The fraction of sp³-hybridized carbons (Fsp3) is 0.421. The van der Waals surface area contributed by atoms with E-state index in [2.05, 4.69) is 15.3 Å². The number of fused-ring (bicyclic) bond motifs is 1. The minimum absolute atomic E-state index is 0.183. The molecular formula is C19H23N5O3S. The van der Waals surface area contributed by atoms with Crippen molar-refractivity contribution in [3.05, 3.63) is 35.8 Å². The first-order valence-corrected chi connectivity index (χ1v) is 10.0. The number of hydrogen-bond donors (Lipinski definition) is 5. The van der Waals surface area contributed by atoms with Gasteiger partial charge in [0.15, 0.2) is 0 Å². The summed E-state index contributed by atoms with van der Waals surface area (Å²) < 4.78 is 1.06. The minimum Gasteiger partial charge on any atom is -0.396 e. The van der Waals surface area contributed by atoms with Crippen molar-refractivity contribution in [2.24, 2.45) is 11.7 Å². The number of nitrogens with one attached hydrogen (secondary N) is 1. The molecule has 6 N–H and O–H groups in total. The first-order chi connectivity index (χ1) is 13.5. The fourth-order valence-electron chi connectivity index (χ4n) is 3.69. The second kappa shape index (κ2) is 7.69. The largest absolute Gasteiger partial charge is 0.396 e. The summed E-state index contributed by atoms with van der Waals surface area (Å²) in [7, 11) is 0. The Balaban J connectivity index is 1.76. The van der Waals surface area contributed by atoms with Crippen LogP contribution in [0.25, 0.3) is 20.8 Å². The van der Waals surface area contributed by atoms with Crippen molar-refractivity contribution in [2.75, 3.05) is 11.9 Å². The van der Waals surface area contributed by atoms with Crippen LogP contribution in [-0.2, 0) is 6.54 Å². The van der Waals surface area contributed by atoms with Gasteiger partial charge in [-0.05, 0) is 25.5 Å². The summed E-state index contributed by atoms with van der Waals surface area (Å²) in [4.78, 5) is 13.7. The van der Waals surface area contributed by atoms with E-state index in [0.717, 1.165) is 26.5 Å². The van der Waals surface area contributed by atoms with E-state index in [-0.39, 0.29) is 19.1 Å². The monoisotopic (exact) mass is 401 g/mol. The van der Waals surface area contributed by atoms with Gasteiger partial charge in [0.25, 0.3) is 0 Å². The van der Waals surface area contributed by atoms with Gasteiger partial charge in [-0.15, -0.1) is 11.3 Å². The van der Waals surface area contributed by atoms with Crippen LogP contribution < -0.4 is 11.1 Å². The Labute approximate surface area is 166 Å². The molecule has 1 aliphatic carbocycles. The van der Waals surface area contributed by atoms with E-state index in [1.54, 1.807) is 11.3 Å². The van der Waals surface area contributed by atoms with Crippen LogP contribution in [0.3, 0.4) is 0 Å². The van der Waals surface area contributed by atoms with Crippen molar-refractivity contribution in [1.29, 1.82) is 0 Å². The maximum atomic E-state index is 10.4. The quantitative estimate of drug-likeness (QED) is 0.427. The SMILES string of the molecule is Cc1nc(CN)nc(NC2CC(CO)C(O)C2O)c1-c1nc2ccccc2s1. The summed E-state index contributed by atoms with van der Waals surface area (Å²) in [6.45, 7) is 1.88. The second-order valence-electron chi connectivity index (χ2n) is 7.05. The van der Waals surface area contributed by atoms with E-state index < -0.39 is 18.2 Å². The molecule has 3 aromatic rings. The zero-order chi connectivity index (χ0) is 19.8. The van der Waals surface area contributed by atoms with E-state index in [4.69, 9.17) is 10.7 Å². The first-order valence-electron chi connectivity index (χ1n) is 9.19. The maximum Gasteiger partial charge on any atom is 0.144 e. The Bertz CT molecular complexity index is 962. The van der Waals surface area contributed by atoms with Gasteiger partial charge in [0.1, 0.15) is 22.8 Å². The molecule has 0 aliphatic heterocycles. The molecular weight excluding hydrogens is 378 g/mol. The molecule has 4 rings (SSSR count). The minimum atomic E-state index is -1.00. The van der Waals surface area contributed by atoms with E-state index in [1.165, 1.54) is 0 Å². The zero-order valence-electron chi connectivity index (χ0n) is 15.4. The van der Waals surface area contributed by atoms with Crippen LogP contribution in [0.2, 0.25) is 0 Å². The Morgan fingerprint density at radius 1 is 1.18 bits per heavy atom. The van der Waals surface area contributed by atoms with Crippen molar-refractivity contribution in [3.63, 3.8) is 0 Å². The van der Waals surface area contributed by atoms with Gasteiger partial charge in [-0.3, -0.25) is 0 Å². The predicted molar refractivity (Wildman–Crippen MR) is 108 cm³/mol. The smallest absolute Gasteiger partial charge is 0.144 e. The number of benzene rings is 1. The molecule has 0 bridgehead atoms. The van der Waals surface area contributed by atoms with Crippen molar-refractivity contribution in [1.82, 2.24) is 15.0 Å². The number of aromatic nitrogens is 3. The van der Waals surface area contributed by atoms with E-state index >= 15 is 0 Å². The van der Waals surface area contributed by atoms with E-state index in [9.17, 15) is 15.3 Å². The summed E-state index contributed by atoms with van der Waals surface area (Å²) in [5, 5.41) is 34.0. The van der Waals surface area contributed by atoms with Crippen molar-refractivity contribution < 1.29 is 15.3 Å². The van der Waals surface area contributed by atoms with Gasteiger partial charge >= 0.3 is 0 Å². The molecule has 0 radical (unpaired) electrons. The topological polar surface area (TPSA) is 137 Å². The molecule has 1 fully saturated rings. The van der Waals surface area contributed by atoms with E-state index in [1.807, 2.05) is 31.2 Å². The molecule has 0 amide bonds. The standard InChI is InChI=1S/C19H23N5O3S/c1-9-15(19-23-11-4-2-3-5-13(11)28-19)18(24-14(7-20)21-9)22-12-6-10(8-25)16(26)17(12)27/h2-5,10,12,16-17,25-27H,6-8,20H2,1H3,(H,21,22,24). The number of para-hydroxylation sites is 1. The maximum absolute atomic E-state index is 10.4. The van der Waals surface area contributed by atoms with Crippen LogP contribution in [0, 0.1) is 12.8 Å². The van der Waals surface area contributed by atoms with Gasteiger partial charge in [0, 0.05) is 12.5 Å². The van der Waals surface area contributed by atoms with Crippen molar-refractivity contribution in [2.45, 2.75) is 38.1 Å². The fourth-order valence-corrected chi connectivity index (χ4v) is 4.75. The lowest BCUT2D eigenvalue weighted by molar-refractivity contribution is 0.00446. The van der Waals surface area contributed by atoms with E-state index in [0.29, 0.717) is 18.1 Å². The van der Waals surface area contributed by atoms with Crippen LogP contribution in [0.4, 0.5) is 5.82 Å². The summed E-state index contributed by atoms with van der Waals surface area (Å²) in [6.07, 6.45) is -1.55. The van der Waals surface area contributed by atoms with Crippen LogP contribution >= 0.6 is 11.3 Å². The third-order valence-electron chi connectivity index (χ3n) is 5.19. The summed E-state index contributed by atoms with van der Waals surface area (Å²) in [6, 6.07) is 7.43. The predicted octanol–water partition coefficient (Wildman–Crippen LogP) is 1.03. The number of rotatable bonds is 5. The molecule has 0 saturated heterocycles. The van der Waals surface area contributed by atoms with Crippen LogP contribution in [0.15, 0.2) is 24.3 Å². The summed E-state index contributed by atoms with van der Waals surface area (Å²) >= 11 is 1.54. The van der Waals surface area contributed by atoms with Gasteiger partial charge in [-0.2, -0.15) is 0 Å². The molecule has 2 aromatic heterocycles. The highest BCUT2D eigenvalue weighted by molar-refractivity contribution is 7.21. The lowest BCUT2D eigenvalue weighted by Gasteiger charge is -2.21. The molecule has 28 heavy (non-hydrogen) atoms. The number of aliphatic hydroxyl groups is 3. The lowest BCUT2D eigenvalue weighted by atomic mass is 10.1. The number of nitrogens with two attached hydrogens (primary N) is 1. The highest BCUT2D eigenvalue weighted by atomic mass is 32.1. The molecule has 0 spiro atoms. The van der Waals surface area contributed by atoms with Crippen LogP contribution in [-0.4, -0.2) is 55.1 Å². The van der Waals surface area contributed by atoms with Gasteiger partial charge in [-0.1, -0.05) is 12.1 Å². The zero-order valence-corrected chi connectivity index (χ0v) is 16.2. The molecule has 4 atom stereocenters. The normalized spacial score (nSPS) is 24.8. The lowest BCUT2D eigenvalue weighted by Crippen LogP contribution is -2.36. The Kier molecular flexibility index (Phi) is 5.26. The van der Waals surface area contributed by atoms with Crippen LogP contribution in [0.5, 0.6) is 0 Å². The first kappa shape index (κ1) is 19.2. The second-order valence-corrected chi connectivity index (χ2v) is 8.08. The molecule has 1 aliphatic rings. The summed E-state index contributed by atoms with van der Waals surface area (Å²) in [5.74, 6) is 0.633. The summed E-state index contributed by atoms with van der Waals surface area (Å²) in [5.41, 5.74) is 8.14. The highest BCUT2D eigenvalue weighted by Crippen LogP contribution is 2.37. The molecule has 2 heterocycles. The molecule has 1 saturated carbocycles. The molecule has 9 heteroatoms. The Morgan fingerprint density at radius 2 is 1.96 bits per heavy atom. The Morgan fingerprint density at radius 3 is 2.64 bits per heavy atom. The number of aliphatic hydroxyl groups excluding tert-OH is 3. The van der Waals surface area contributed by atoms with Gasteiger partial charge in [0.05, 0.1) is 40.2 Å².